The van der Waals surface area contributed by atoms with Crippen molar-refractivity contribution in [1.82, 2.24) is 0 Å². The molecule has 1 aliphatic heterocycles. The summed E-state index contributed by atoms with van der Waals surface area (Å²) < 4.78 is 10.4. The molecule has 0 atom stereocenters. The standard InChI is InChI=1S/C11H14N2O4/c1-16-11-9(12-5-7-17-8-6-12)3-2-4-10(11)13(14)15/h2-4H,5-8H2,1H3. The summed E-state index contributed by atoms with van der Waals surface area (Å²) in [5, 5.41) is 10.9. The van der Waals surface area contributed by atoms with Crippen LogP contribution in [0.2, 0.25) is 0 Å². The number of nitro benzene ring substituents is 1. The van der Waals surface area contributed by atoms with E-state index in [4.69, 9.17) is 9.47 Å². The smallest absolute Gasteiger partial charge is 0.313 e. The first kappa shape index (κ1) is 11.7. The SMILES string of the molecule is COc1c(N2CCOCC2)cccc1[N+](=O)[O-]. The van der Waals surface area contributed by atoms with Gasteiger partial charge in [-0.2, -0.15) is 0 Å². The maximum atomic E-state index is 10.9. The van der Waals surface area contributed by atoms with Crippen molar-refractivity contribution < 1.29 is 14.4 Å². The number of nitrogens with zero attached hydrogens (tertiary/aromatic N) is 2. The highest BCUT2D eigenvalue weighted by Gasteiger charge is 2.22. The maximum absolute atomic E-state index is 10.9. The number of hydrogen-bond acceptors (Lipinski definition) is 5. The molecule has 0 unspecified atom stereocenters. The largest absolute Gasteiger partial charge is 0.489 e. The number of methoxy groups -OCH3 is 1. The van der Waals surface area contributed by atoms with Gasteiger partial charge < -0.3 is 14.4 Å². The van der Waals surface area contributed by atoms with Crippen LogP contribution in [-0.4, -0.2) is 38.3 Å². The number of anilines is 1. The number of ether oxygens (including phenoxy) is 2. The molecule has 92 valence electrons. The second-order valence-corrected chi connectivity index (χ2v) is 3.69. The summed E-state index contributed by atoms with van der Waals surface area (Å²) in [6.07, 6.45) is 0. The molecule has 17 heavy (non-hydrogen) atoms. The van der Waals surface area contributed by atoms with Crippen LogP contribution in [0.3, 0.4) is 0 Å². The molecule has 0 aromatic heterocycles. The second kappa shape index (κ2) is 5.01. The number of hydrogen-bond donors (Lipinski definition) is 0. The van der Waals surface area contributed by atoms with Crippen molar-refractivity contribution in [2.24, 2.45) is 0 Å². The fourth-order valence-corrected chi connectivity index (χ4v) is 1.92. The molecule has 1 heterocycles. The van der Waals surface area contributed by atoms with E-state index >= 15 is 0 Å². The molecular weight excluding hydrogens is 224 g/mol. The Morgan fingerprint density at radius 3 is 2.71 bits per heavy atom. The maximum Gasteiger partial charge on any atom is 0.313 e. The van der Waals surface area contributed by atoms with Crippen LogP contribution in [-0.2, 0) is 4.74 Å². The zero-order valence-corrected chi connectivity index (χ0v) is 9.59. The molecule has 0 radical (unpaired) electrons. The lowest BCUT2D eigenvalue weighted by Crippen LogP contribution is -2.36. The van der Waals surface area contributed by atoms with Crippen LogP contribution in [0.5, 0.6) is 5.75 Å². The third kappa shape index (κ3) is 2.31. The predicted octanol–water partition coefficient (Wildman–Crippen LogP) is 1.44. The van der Waals surface area contributed by atoms with E-state index in [0.717, 1.165) is 18.8 Å². The van der Waals surface area contributed by atoms with Crippen LogP contribution in [0.25, 0.3) is 0 Å². The van der Waals surface area contributed by atoms with E-state index in [-0.39, 0.29) is 5.69 Å². The molecule has 6 nitrogen and oxygen atoms in total. The lowest BCUT2D eigenvalue weighted by molar-refractivity contribution is -0.385. The molecule has 1 aromatic rings. The number of para-hydroxylation sites is 1. The van der Waals surface area contributed by atoms with Crippen molar-refractivity contribution in [3.05, 3.63) is 28.3 Å². The average Bonchev–Trinajstić information content (AvgIpc) is 2.38. The van der Waals surface area contributed by atoms with E-state index < -0.39 is 4.92 Å². The molecular formula is C11H14N2O4. The zero-order valence-electron chi connectivity index (χ0n) is 9.59. The van der Waals surface area contributed by atoms with Crippen LogP contribution < -0.4 is 9.64 Å². The zero-order chi connectivity index (χ0) is 12.3. The van der Waals surface area contributed by atoms with Crippen LogP contribution in [0, 0.1) is 10.1 Å². The lowest BCUT2D eigenvalue weighted by Gasteiger charge is -2.29. The summed E-state index contributed by atoms with van der Waals surface area (Å²) in [7, 11) is 1.45. The van der Waals surface area contributed by atoms with Gasteiger partial charge in [-0.05, 0) is 6.07 Å². The van der Waals surface area contributed by atoms with Crippen LogP contribution in [0.1, 0.15) is 0 Å². The van der Waals surface area contributed by atoms with Crippen molar-refractivity contribution >= 4 is 11.4 Å². The van der Waals surface area contributed by atoms with E-state index in [2.05, 4.69) is 0 Å². The predicted molar refractivity (Wildman–Crippen MR) is 62.7 cm³/mol. The van der Waals surface area contributed by atoms with Gasteiger partial charge in [-0.1, -0.05) is 6.07 Å². The molecule has 0 saturated carbocycles. The molecule has 0 spiro atoms. The minimum absolute atomic E-state index is 0.00325. The van der Waals surface area contributed by atoms with Gasteiger partial charge in [-0.25, -0.2) is 0 Å². The number of nitro groups is 1. The van der Waals surface area contributed by atoms with Gasteiger partial charge in [-0.15, -0.1) is 0 Å². The van der Waals surface area contributed by atoms with Gasteiger partial charge >= 0.3 is 5.69 Å². The quantitative estimate of drug-likeness (QED) is 0.589. The van der Waals surface area contributed by atoms with Crippen molar-refractivity contribution in [1.29, 1.82) is 0 Å². The third-order valence-corrected chi connectivity index (χ3v) is 2.73. The third-order valence-electron chi connectivity index (χ3n) is 2.73. The van der Waals surface area contributed by atoms with Crippen molar-refractivity contribution in [2.75, 3.05) is 38.3 Å². The van der Waals surface area contributed by atoms with Gasteiger partial charge in [0.15, 0.2) is 0 Å². The fourth-order valence-electron chi connectivity index (χ4n) is 1.92. The van der Waals surface area contributed by atoms with E-state index in [1.54, 1.807) is 6.07 Å². The summed E-state index contributed by atoms with van der Waals surface area (Å²) in [6.45, 7) is 2.70. The highest BCUT2D eigenvalue weighted by Crippen LogP contribution is 2.37. The van der Waals surface area contributed by atoms with Gasteiger partial charge in [0.25, 0.3) is 0 Å². The molecule has 0 bridgehead atoms. The minimum atomic E-state index is -0.428. The Morgan fingerprint density at radius 1 is 1.41 bits per heavy atom. The molecule has 6 heteroatoms. The van der Waals surface area contributed by atoms with E-state index in [1.807, 2.05) is 11.0 Å². The number of benzene rings is 1. The first-order valence-corrected chi connectivity index (χ1v) is 5.38. The van der Waals surface area contributed by atoms with Crippen molar-refractivity contribution in [3.8, 4) is 5.75 Å². The molecule has 0 aliphatic carbocycles. The first-order valence-electron chi connectivity index (χ1n) is 5.38. The van der Waals surface area contributed by atoms with E-state index in [9.17, 15) is 10.1 Å². The highest BCUT2D eigenvalue weighted by molar-refractivity contribution is 5.67. The normalized spacial score (nSPS) is 15.7. The van der Waals surface area contributed by atoms with Crippen molar-refractivity contribution in [3.63, 3.8) is 0 Å². The Labute approximate surface area is 98.9 Å². The van der Waals surface area contributed by atoms with E-state index in [0.29, 0.717) is 19.0 Å². The Bertz CT molecular complexity index is 416. The Hall–Kier alpha value is -1.82. The summed E-state index contributed by atoms with van der Waals surface area (Å²) in [5.41, 5.74) is 0.751. The monoisotopic (exact) mass is 238 g/mol. The average molecular weight is 238 g/mol. The molecule has 0 N–H and O–H groups in total. The molecule has 1 aromatic carbocycles. The van der Waals surface area contributed by atoms with Crippen LogP contribution in [0.4, 0.5) is 11.4 Å². The summed E-state index contributed by atoms with van der Waals surface area (Å²) in [6, 6.07) is 4.95. The lowest BCUT2D eigenvalue weighted by atomic mass is 10.2. The minimum Gasteiger partial charge on any atom is -0.489 e. The van der Waals surface area contributed by atoms with Crippen molar-refractivity contribution in [2.45, 2.75) is 0 Å². The van der Waals surface area contributed by atoms with Gasteiger partial charge in [0.2, 0.25) is 5.75 Å². The Kier molecular flexibility index (Phi) is 3.43. The molecule has 1 fully saturated rings. The summed E-state index contributed by atoms with van der Waals surface area (Å²) >= 11 is 0. The number of morpholine rings is 1. The Balaban J connectivity index is 2.38. The topological polar surface area (TPSA) is 64.8 Å². The van der Waals surface area contributed by atoms with Gasteiger partial charge in [0.1, 0.15) is 0 Å². The summed E-state index contributed by atoms with van der Waals surface area (Å²) in [4.78, 5) is 12.5. The van der Waals surface area contributed by atoms with Gasteiger partial charge in [-0.3, -0.25) is 10.1 Å². The first-order chi connectivity index (χ1) is 8.24. The molecule has 1 saturated heterocycles. The second-order valence-electron chi connectivity index (χ2n) is 3.69. The molecule has 0 amide bonds. The van der Waals surface area contributed by atoms with E-state index in [1.165, 1.54) is 13.2 Å². The summed E-state index contributed by atoms with van der Waals surface area (Å²) in [5.74, 6) is 0.319. The number of rotatable bonds is 3. The fraction of sp³-hybridized carbons (Fsp3) is 0.455. The molecule has 2 rings (SSSR count). The van der Waals surface area contributed by atoms with Gasteiger partial charge in [0.05, 0.1) is 30.9 Å². The highest BCUT2D eigenvalue weighted by atomic mass is 16.6. The Morgan fingerprint density at radius 2 is 2.12 bits per heavy atom. The van der Waals surface area contributed by atoms with Crippen LogP contribution in [0.15, 0.2) is 18.2 Å². The van der Waals surface area contributed by atoms with Crippen LogP contribution >= 0.6 is 0 Å². The van der Waals surface area contributed by atoms with Gasteiger partial charge in [0, 0.05) is 19.2 Å². The molecule has 1 aliphatic rings.